The molecule has 2 aliphatic rings. The maximum Gasteiger partial charge on any atom is 0.218 e. The fraction of sp³-hybridized carbons (Fsp3) is 0.929. The van der Waals surface area contributed by atoms with Crippen molar-refractivity contribution in [2.24, 2.45) is 0 Å². The van der Waals surface area contributed by atoms with Gasteiger partial charge in [-0.2, -0.15) is 0 Å². The molecule has 30 heavy (non-hydrogen) atoms. The zero-order chi connectivity index (χ0) is 22.8. The first kappa shape index (κ1) is 25.2. The number of hydrogen-bond donors (Lipinski definition) is 7. The van der Waals surface area contributed by atoms with Gasteiger partial charge < -0.3 is 54.7 Å². The number of aliphatic hydroxyl groups excluding tert-OH is 6. The van der Waals surface area contributed by atoms with E-state index in [4.69, 9.17) is 14.2 Å². The summed E-state index contributed by atoms with van der Waals surface area (Å²) >= 11 is 0. The molecule has 2 heterocycles. The minimum atomic E-state index is -5.40. The van der Waals surface area contributed by atoms with Crippen LogP contribution in [0.2, 0.25) is 0 Å². The van der Waals surface area contributed by atoms with E-state index in [-0.39, 0.29) is 0 Å². The monoisotopic (exact) mass is 462 g/mol. The highest BCUT2D eigenvalue weighted by Gasteiger charge is 2.52. The number of amides is 1. The van der Waals surface area contributed by atoms with E-state index < -0.39 is 90.9 Å². The lowest BCUT2D eigenvalue weighted by Gasteiger charge is -2.47. The number of rotatable bonds is 7. The molecule has 0 aromatic rings. The second-order valence-corrected chi connectivity index (χ2v) is 7.75. The molecule has 1 amide bonds. The van der Waals surface area contributed by atoms with Crippen molar-refractivity contribution in [1.29, 1.82) is 0 Å². The van der Waals surface area contributed by atoms with Crippen molar-refractivity contribution in [3.05, 3.63) is 0 Å². The number of carbonyl (C=O) groups excluding carboxylic acids is 1. The van der Waals surface area contributed by atoms with Gasteiger partial charge in [-0.25, -0.2) is 8.42 Å². The van der Waals surface area contributed by atoms with Gasteiger partial charge in [0.2, 0.25) is 16.3 Å². The molecule has 2 saturated heterocycles. The summed E-state index contributed by atoms with van der Waals surface area (Å²) in [6, 6.07) is -1.43. The van der Waals surface area contributed by atoms with Crippen LogP contribution in [0.4, 0.5) is 0 Å². The van der Waals surface area contributed by atoms with Crippen molar-refractivity contribution < 1.29 is 66.8 Å². The molecule has 2 fully saturated rings. The van der Waals surface area contributed by atoms with Gasteiger partial charge in [-0.05, 0) is 0 Å². The first-order valence-electron chi connectivity index (χ1n) is 8.71. The molecular formula is C14H24NO14S-. The van der Waals surface area contributed by atoms with Crippen LogP contribution in [0.15, 0.2) is 0 Å². The van der Waals surface area contributed by atoms with Gasteiger partial charge in [-0.1, -0.05) is 0 Å². The lowest BCUT2D eigenvalue weighted by molar-refractivity contribution is -0.339. The minimum Gasteiger partial charge on any atom is -0.726 e. The second-order valence-electron chi connectivity index (χ2n) is 6.74. The van der Waals surface area contributed by atoms with E-state index in [2.05, 4.69) is 9.50 Å². The van der Waals surface area contributed by atoms with Crippen LogP contribution in [-0.4, -0.2) is 124 Å². The summed E-state index contributed by atoms with van der Waals surface area (Å²) in [4.78, 5) is 11.4. The van der Waals surface area contributed by atoms with Crippen LogP contribution in [0.25, 0.3) is 0 Å². The molecule has 0 aliphatic carbocycles. The maximum atomic E-state index is 11.4. The second kappa shape index (κ2) is 10.1. The van der Waals surface area contributed by atoms with Gasteiger partial charge in [-0.15, -0.1) is 0 Å². The van der Waals surface area contributed by atoms with Crippen molar-refractivity contribution in [1.82, 2.24) is 5.32 Å². The van der Waals surface area contributed by atoms with Crippen LogP contribution in [0.3, 0.4) is 0 Å². The van der Waals surface area contributed by atoms with E-state index in [9.17, 15) is 48.4 Å². The van der Waals surface area contributed by atoms with Crippen molar-refractivity contribution in [2.45, 2.75) is 68.3 Å². The summed E-state index contributed by atoms with van der Waals surface area (Å²) in [7, 11) is -5.40. The van der Waals surface area contributed by atoms with Crippen molar-refractivity contribution >= 4 is 16.3 Å². The Labute approximate surface area is 170 Å². The van der Waals surface area contributed by atoms with Crippen LogP contribution in [0.5, 0.6) is 0 Å². The van der Waals surface area contributed by atoms with Crippen LogP contribution < -0.4 is 5.32 Å². The Hall–Kier alpha value is -1.02. The molecule has 0 bridgehead atoms. The number of nitrogens with one attached hydrogen (secondary N) is 1. The highest BCUT2D eigenvalue weighted by molar-refractivity contribution is 7.80. The molecule has 0 radical (unpaired) electrons. The van der Waals surface area contributed by atoms with E-state index in [1.165, 1.54) is 0 Å². The van der Waals surface area contributed by atoms with E-state index in [1.807, 2.05) is 0 Å². The maximum absolute atomic E-state index is 11.4. The third kappa shape index (κ3) is 5.81. The summed E-state index contributed by atoms with van der Waals surface area (Å²) in [5.41, 5.74) is 0. The molecule has 0 aromatic carbocycles. The Morgan fingerprint density at radius 2 is 1.53 bits per heavy atom. The molecule has 2 aliphatic heterocycles. The van der Waals surface area contributed by atoms with Crippen LogP contribution >= 0.6 is 0 Å². The van der Waals surface area contributed by atoms with Crippen molar-refractivity contribution in [3.8, 4) is 0 Å². The molecule has 0 spiro atoms. The smallest absolute Gasteiger partial charge is 0.218 e. The Kier molecular flexibility index (Phi) is 8.47. The summed E-state index contributed by atoms with van der Waals surface area (Å²) in [6.07, 6.45) is -16.1. The lowest BCUT2D eigenvalue weighted by Crippen LogP contribution is -2.67. The Morgan fingerprint density at radius 1 is 1.00 bits per heavy atom. The van der Waals surface area contributed by atoms with E-state index in [0.717, 1.165) is 6.92 Å². The standard InChI is InChI=1S/C14H25NO14S/c1-4(18)15-7-11(8(19)5(2-16)26-13(7)22)28-14-10(21)12(29-30(23,24)25)9(20)6(3-17)27-14/h5-14,16-17,19-22H,2-3H2,1H3,(H,15,18)(H,23,24,25)/p-1/t5-,6-,7-,8+,9+,10-,11-,12+,13+,14+/m1/s1. The number of aliphatic hydroxyl groups is 6. The Morgan fingerprint density at radius 3 is 2.03 bits per heavy atom. The summed E-state index contributed by atoms with van der Waals surface area (Å²) in [5, 5.41) is 61.7. The van der Waals surface area contributed by atoms with Gasteiger partial charge in [0.1, 0.15) is 48.8 Å². The van der Waals surface area contributed by atoms with E-state index in [0.29, 0.717) is 0 Å². The molecule has 176 valence electrons. The topological polar surface area (TPSA) is 245 Å². The summed E-state index contributed by atoms with van der Waals surface area (Å²) in [6.45, 7) is -0.585. The normalized spacial score (nSPS) is 42.7. The zero-order valence-electron chi connectivity index (χ0n) is 15.5. The molecule has 0 unspecified atom stereocenters. The minimum absolute atomic E-state index is 0.668. The van der Waals surface area contributed by atoms with E-state index in [1.54, 1.807) is 0 Å². The SMILES string of the molecule is CC(=O)N[C@@H]1[C@@H](O[C@@H]2O[C@H](CO)[C@H](O)[C@H](OS(=O)(=O)[O-])[C@H]2O)[C@@H](O)[C@@H](CO)O[C@@H]1O. The third-order valence-electron chi connectivity index (χ3n) is 4.58. The van der Waals surface area contributed by atoms with Gasteiger partial charge in [-0.3, -0.25) is 8.98 Å². The van der Waals surface area contributed by atoms with Crippen molar-refractivity contribution in [3.63, 3.8) is 0 Å². The van der Waals surface area contributed by atoms with Crippen LogP contribution in [0.1, 0.15) is 6.92 Å². The molecule has 15 nitrogen and oxygen atoms in total. The molecule has 0 saturated carbocycles. The summed E-state index contributed by atoms with van der Waals surface area (Å²) in [5.74, 6) is -0.668. The van der Waals surface area contributed by atoms with Gasteiger partial charge in [0, 0.05) is 6.92 Å². The highest BCUT2D eigenvalue weighted by atomic mass is 32.3. The third-order valence-corrected chi connectivity index (χ3v) is 5.04. The van der Waals surface area contributed by atoms with E-state index >= 15 is 0 Å². The molecular weight excluding hydrogens is 438 g/mol. The van der Waals surface area contributed by atoms with Crippen molar-refractivity contribution in [2.75, 3.05) is 13.2 Å². The predicted octanol–water partition coefficient (Wildman–Crippen LogP) is -5.77. The van der Waals surface area contributed by atoms with Crippen LogP contribution in [-0.2, 0) is 33.6 Å². The molecule has 10 atom stereocenters. The molecule has 7 N–H and O–H groups in total. The lowest BCUT2D eigenvalue weighted by atomic mass is 9.95. The average Bonchev–Trinajstić information content (AvgIpc) is 2.64. The van der Waals surface area contributed by atoms with Gasteiger partial charge in [0.25, 0.3) is 0 Å². The number of ether oxygens (including phenoxy) is 3. The largest absolute Gasteiger partial charge is 0.726 e. The van der Waals surface area contributed by atoms with Gasteiger partial charge >= 0.3 is 0 Å². The summed E-state index contributed by atoms with van der Waals surface area (Å²) < 4.78 is 52.5. The number of carbonyl (C=O) groups is 1. The quantitative estimate of drug-likeness (QED) is 0.138. The van der Waals surface area contributed by atoms with Crippen LogP contribution in [0, 0.1) is 0 Å². The van der Waals surface area contributed by atoms with Gasteiger partial charge in [0.15, 0.2) is 12.6 Å². The number of hydrogen-bond acceptors (Lipinski definition) is 14. The molecule has 2 rings (SSSR count). The molecule has 0 aromatic heterocycles. The first-order chi connectivity index (χ1) is 13.9. The fourth-order valence-corrected chi connectivity index (χ4v) is 3.70. The fourth-order valence-electron chi connectivity index (χ4n) is 3.20. The van der Waals surface area contributed by atoms with Gasteiger partial charge in [0.05, 0.1) is 13.2 Å². The predicted molar refractivity (Wildman–Crippen MR) is 88.8 cm³/mol. The average molecular weight is 462 g/mol. The highest BCUT2D eigenvalue weighted by Crippen LogP contribution is 2.30. The Bertz CT molecular complexity index is 690. The zero-order valence-corrected chi connectivity index (χ0v) is 16.4. The molecule has 16 heteroatoms. The Balaban J connectivity index is 2.30. The first-order valence-corrected chi connectivity index (χ1v) is 10.0.